The SMILES string of the molecule is CCC12CCC[N+]([O-])(CCC3(O)C(=Nc4ccccc43)CC1)C2. The number of rotatable bonds is 1. The quantitative estimate of drug-likeness (QED) is 0.635. The highest BCUT2D eigenvalue weighted by Gasteiger charge is 2.48. The van der Waals surface area contributed by atoms with Gasteiger partial charge in [-0.3, -0.25) is 4.99 Å². The first-order chi connectivity index (χ1) is 11.0. The van der Waals surface area contributed by atoms with Gasteiger partial charge in [-0.25, -0.2) is 0 Å². The van der Waals surface area contributed by atoms with Crippen LogP contribution in [0, 0.1) is 10.6 Å². The van der Waals surface area contributed by atoms with E-state index in [1.54, 1.807) is 0 Å². The van der Waals surface area contributed by atoms with Crippen molar-refractivity contribution in [3.05, 3.63) is 35.0 Å². The van der Waals surface area contributed by atoms with Gasteiger partial charge in [0.05, 0.1) is 31.0 Å². The van der Waals surface area contributed by atoms with Crippen LogP contribution in [0.5, 0.6) is 0 Å². The summed E-state index contributed by atoms with van der Waals surface area (Å²) in [7, 11) is 0. The molecule has 2 bridgehead atoms. The minimum atomic E-state index is -1.03. The molecule has 3 heterocycles. The number of piperidine rings is 1. The summed E-state index contributed by atoms with van der Waals surface area (Å²) >= 11 is 0. The molecule has 3 aliphatic heterocycles. The second-order valence-electron chi connectivity index (χ2n) is 7.81. The summed E-state index contributed by atoms with van der Waals surface area (Å²) in [6.45, 7) is 4.12. The second kappa shape index (κ2) is 5.13. The second-order valence-corrected chi connectivity index (χ2v) is 7.81. The molecule has 1 N–H and O–H groups in total. The van der Waals surface area contributed by atoms with Crippen LogP contribution in [0.3, 0.4) is 0 Å². The van der Waals surface area contributed by atoms with Crippen molar-refractivity contribution in [1.82, 2.24) is 0 Å². The molecule has 23 heavy (non-hydrogen) atoms. The summed E-state index contributed by atoms with van der Waals surface area (Å²) in [5, 5.41) is 24.7. The van der Waals surface area contributed by atoms with Crippen LogP contribution in [0.25, 0.3) is 0 Å². The maximum Gasteiger partial charge on any atom is 0.135 e. The Hall–Kier alpha value is -1.23. The van der Waals surface area contributed by atoms with E-state index in [2.05, 4.69) is 6.92 Å². The summed E-state index contributed by atoms with van der Waals surface area (Å²) in [4.78, 5) is 4.75. The van der Waals surface area contributed by atoms with E-state index in [0.29, 0.717) is 26.1 Å². The van der Waals surface area contributed by atoms with Crippen LogP contribution in [0.4, 0.5) is 5.69 Å². The number of hydrogen-bond acceptors (Lipinski definition) is 3. The summed E-state index contributed by atoms with van der Waals surface area (Å²) in [6.07, 6.45) is 5.48. The van der Waals surface area contributed by atoms with Crippen LogP contribution in [0.2, 0.25) is 0 Å². The zero-order chi connectivity index (χ0) is 16.1. The standard InChI is InChI=1S/C19H26N2O2/c1-2-18-9-5-12-21(23,14-18)13-11-19(22)15-6-3-4-7-16(15)20-17(19)8-10-18/h3-4,6-7,22H,2,5,8-14H2,1H3. The summed E-state index contributed by atoms with van der Waals surface area (Å²) in [5.41, 5.74) is 1.76. The monoisotopic (exact) mass is 314 g/mol. The molecule has 124 valence electrons. The van der Waals surface area contributed by atoms with E-state index >= 15 is 0 Å². The Morgan fingerprint density at radius 1 is 1.22 bits per heavy atom. The van der Waals surface area contributed by atoms with Crippen LogP contribution in [0.15, 0.2) is 29.3 Å². The minimum Gasteiger partial charge on any atom is -0.633 e. The van der Waals surface area contributed by atoms with E-state index in [4.69, 9.17) is 4.99 Å². The molecule has 4 rings (SSSR count). The highest BCUT2D eigenvalue weighted by molar-refractivity contribution is 6.00. The van der Waals surface area contributed by atoms with Crippen LogP contribution in [0.1, 0.15) is 51.0 Å². The van der Waals surface area contributed by atoms with Gasteiger partial charge in [-0.1, -0.05) is 25.1 Å². The molecule has 3 unspecified atom stereocenters. The smallest absolute Gasteiger partial charge is 0.135 e. The van der Waals surface area contributed by atoms with Gasteiger partial charge in [0, 0.05) is 17.4 Å². The van der Waals surface area contributed by atoms with Crippen molar-refractivity contribution in [2.24, 2.45) is 10.4 Å². The molecule has 0 aliphatic carbocycles. The number of hydrogen-bond donors (Lipinski definition) is 1. The Morgan fingerprint density at radius 3 is 2.87 bits per heavy atom. The molecule has 0 spiro atoms. The lowest BCUT2D eigenvalue weighted by Crippen LogP contribution is -2.54. The van der Waals surface area contributed by atoms with E-state index < -0.39 is 5.60 Å². The van der Waals surface area contributed by atoms with Crippen LogP contribution in [-0.4, -0.2) is 35.1 Å². The van der Waals surface area contributed by atoms with Crippen molar-refractivity contribution in [2.45, 2.75) is 51.0 Å². The first-order valence-electron chi connectivity index (χ1n) is 8.96. The molecule has 2 saturated heterocycles. The third-order valence-electron chi connectivity index (χ3n) is 6.50. The van der Waals surface area contributed by atoms with Crippen LogP contribution < -0.4 is 0 Å². The predicted octanol–water partition coefficient (Wildman–Crippen LogP) is 3.65. The largest absolute Gasteiger partial charge is 0.633 e. The molecule has 1 aromatic rings. The molecule has 4 nitrogen and oxygen atoms in total. The van der Waals surface area contributed by atoms with Crippen molar-refractivity contribution in [1.29, 1.82) is 0 Å². The Kier molecular flexibility index (Phi) is 3.42. The van der Waals surface area contributed by atoms with Crippen LogP contribution >= 0.6 is 0 Å². The van der Waals surface area contributed by atoms with Gasteiger partial charge < -0.3 is 15.0 Å². The third kappa shape index (κ3) is 2.35. The van der Waals surface area contributed by atoms with Gasteiger partial charge in [0.2, 0.25) is 0 Å². The summed E-state index contributed by atoms with van der Waals surface area (Å²) in [6, 6.07) is 7.86. The van der Waals surface area contributed by atoms with Crippen molar-refractivity contribution in [3.63, 3.8) is 0 Å². The fraction of sp³-hybridized carbons (Fsp3) is 0.632. The average molecular weight is 314 g/mol. The zero-order valence-corrected chi connectivity index (χ0v) is 13.9. The summed E-state index contributed by atoms with van der Waals surface area (Å²) in [5.74, 6) is 0. The van der Waals surface area contributed by atoms with E-state index in [1.165, 1.54) is 0 Å². The lowest BCUT2D eigenvalue weighted by molar-refractivity contribution is -0.894. The number of quaternary nitrogens is 1. The Balaban J connectivity index is 1.75. The molecule has 2 fully saturated rings. The highest BCUT2D eigenvalue weighted by Crippen LogP contribution is 2.48. The van der Waals surface area contributed by atoms with Gasteiger partial charge in [-0.15, -0.1) is 0 Å². The van der Waals surface area contributed by atoms with Crippen molar-refractivity contribution < 1.29 is 9.75 Å². The number of aliphatic hydroxyl groups is 1. The van der Waals surface area contributed by atoms with Crippen molar-refractivity contribution in [2.75, 3.05) is 19.6 Å². The molecule has 0 saturated carbocycles. The first-order valence-corrected chi connectivity index (χ1v) is 8.96. The van der Waals surface area contributed by atoms with Crippen LogP contribution in [-0.2, 0) is 5.60 Å². The van der Waals surface area contributed by atoms with Crippen molar-refractivity contribution in [3.8, 4) is 0 Å². The number of fused-ring (bicyclic) bond motifs is 5. The number of benzene rings is 1. The maximum absolute atomic E-state index is 13.3. The Morgan fingerprint density at radius 2 is 2.04 bits per heavy atom. The molecule has 0 radical (unpaired) electrons. The van der Waals surface area contributed by atoms with Gasteiger partial charge in [0.25, 0.3) is 0 Å². The zero-order valence-electron chi connectivity index (χ0n) is 13.9. The molecule has 1 aromatic carbocycles. The van der Waals surface area contributed by atoms with Gasteiger partial charge >= 0.3 is 0 Å². The predicted molar refractivity (Wildman–Crippen MR) is 91.5 cm³/mol. The lowest BCUT2D eigenvalue weighted by atomic mass is 9.73. The topological polar surface area (TPSA) is 55.6 Å². The first kappa shape index (κ1) is 15.3. The number of nitrogens with zero attached hydrogens (tertiary/aromatic N) is 2. The lowest BCUT2D eigenvalue weighted by Gasteiger charge is -2.53. The fourth-order valence-electron chi connectivity index (χ4n) is 4.98. The number of hydroxylamine groups is 3. The average Bonchev–Trinajstić information content (AvgIpc) is 2.85. The highest BCUT2D eigenvalue weighted by atomic mass is 16.5. The third-order valence-corrected chi connectivity index (χ3v) is 6.50. The van der Waals surface area contributed by atoms with E-state index in [-0.39, 0.29) is 10.1 Å². The maximum atomic E-state index is 13.3. The molecule has 0 amide bonds. The van der Waals surface area contributed by atoms with E-state index in [1.807, 2.05) is 24.3 Å². The van der Waals surface area contributed by atoms with Gasteiger partial charge in [0.1, 0.15) is 5.60 Å². The fourth-order valence-corrected chi connectivity index (χ4v) is 4.98. The molecule has 3 atom stereocenters. The van der Waals surface area contributed by atoms with Gasteiger partial charge in [-0.05, 0) is 38.2 Å². The molecule has 3 aliphatic rings. The number of para-hydroxylation sites is 1. The molecular weight excluding hydrogens is 288 g/mol. The van der Waals surface area contributed by atoms with Gasteiger partial charge in [-0.2, -0.15) is 0 Å². The molecule has 0 aromatic heterocycles. The van der Waals surface area contributed by atoms with Gasteiger partial charge in [0.15, 0.2) is 0 Å². The number of aliphatic imine (C=N–C) groups is 1. The molecular formula is C19H26N2O2. The Bertz CT molecular complexity index is 659. The minimum absolute atomic E-state index is 0.128. The van der Waals surface area contributed by atoms with Crippen molar-refractivity contribution >= 4 is 11.4 Å². The summed E-state index contributed by atoms with van der Waals surface area (Å²) < 4.78 is -0.133. The van der Waals surface area contributed by atoms with E-state index in [9.17, 15) is 10.3 Å². The Labute approximate surface area is 138 Å². The normalized spacial score (nSPS) is 39.5. The molecule has 4 heteroatoms. The van der Waals surface area contributed by atoms with E-state index in [0.717, 1.165) is 49.1 Å².